The van der Waals surface area contributed by atoms with Crippen molar-refractivity contribution in [1.82, 2.24) is 0 Å². The molecule has 0 aliphatic carbocycles. The average molecular weight is 422 g/mol. The first kappa shape index (κ1) is 21.5. The number of rotatable bonds is 6. The molecule has 3 rings (SSSR count). The van der Waals surface area contributed by atoms with Crippen LogP contribution in [0.1, 0.15) is 15.9 Å². The molecule has 2 N–H and O–H groups in total. The van der Waals surface area contributed by atoms with Crippen molar-refractivity contribution in [1.29, 1.82) is 5.26 Å². The fraction of sp³-hybridized carbons (Fsp3) is 0.190. The Kier molecular flexibility index (Phi) is 6.59. The number of aromatic carboxylic acids is 1. The van der Waals surface area contributed by atoms with Crippen LogP contribution in [0.25, 0.3) is 6.08 Å². The van der Waals surface area contributed by atoms with Crippen LogP contribution in [0.2, 0.25) is 0 Å². The number of morpholine rings is 1. The van der Waals surface area contributed by atoms with Crippen LogP contribution in [0.5, 0.6) is 0 Å². The molecule has 1 aliphatic heterocycles. The molecule has 0 unspecified atom stereocenters. The average Bonchev–Trinajstić information content (AvgIpc) is 2.77. The summed E-state index contributed by atoms with van der Waals surface area (Å²) in [6, 6.07) is 11.7. The van der Waals surface area contributed by atoms with Gasteiger partial charge >= 0.3 is 5.97 Å². The number of hydrogen-bond acceptors (Lipinski definition) is 7. The second kappa shape index (κ2) is 9.51. The number of nitro benzene ring substituents is 1. The van der Waals surface area contributed by atoms with Crippen molar-refractivity contribution in [2.24, 2.45) is 0 Å². The van der Waals surface area contributed by atoms with Crippen molar-refractivity contribution >= 4 is 35.0 Å². The summed E-state index contributed by atoms with van der Waals surface area (Å²) in [7, 11) is 0. The Balaban J connectivity index is 1.94. The van der Waals surface area contributed by atoms with Crippen molar-refractivity contribution in [3.05, 3.63) is 69.3 Å². The van der Waals surface area contributed by atoms with E-state index >= 15 is 0 Å². The van der Waals surface area contributed by atoms with Gasteiger partial charge in [0.25, 0.3) is 11.6 Å². The predicted octanol–water partition coefficient (Wildman–Crippen LogP) is 2.68. The van der Waals surface area contributed by atoms with Gasteiger partial charge in [-0.2, -0.15) is 5.26 Å². The van der Waals surface area contributed by atoms with Gasteiger partial charge in [-0.25, -0.2) is 4.79 Å². The maximum Gasteiger partial charge on any atom is 0.335 e. The van der Waals surface area contributed by atoms with E-state index in [1.54, 1.807) is 12.1 Å². The second-order valence-corrected chi connectivity index (χ2v) is 6.61. The van der Waals surface area contributed by atoms with Crippen molar-refractivity contribution in [3.8, 4) is 6.07 Å². The Morgan fingerprint density at radius 3 is 2.61 bits per heavy atom. The molecule has 1 fully saturated rings. The summed E-state index contributed by atoms with van der Waals surface area (Å²) in [4.78, 5) is 36.3. The number of ether oxygens (including phenoxy) is 1. The van der Waals surface area contributed by atoms with Gasteiger partial charge in [-0.15, -0.1) is 0 Å². The van der Waals surface area contributed by atoms with Gasteiger partial charge in [-0.3, -0.25) is 14.9 Å². The highest BCUT2D eigenvalue weighted by atomic mass is 16.6. The molecular weight excluding hydrogens is 404 g/mol. The molecule has 0 radical (unpaired) electrons. The Labute approximate surface area is 177 Å². The molecule has 31 heavy (non-hydrogen) atoms. The molecular formula is C21H18N4O6. The monoisotopic (exact) mass is 422 g/mol. The molecule has 2 aromatic carbocycles. The summed E-state index contributed by atoms with van der Waals surface area (Å²) >= 11 is 0. The minimum atomic E-state index is -1.15. The molecule has 0 spiro atoms. The highest BCUT2D eigenvalue weighted by molar-refractivity contribution is 6.10. The van der Waals surface area contributed by atoms with Crippen LogP contribution in [-0.2, 0) is 9.53 Å². The minimum absolute atomic E-state index is 0.0198. The number of anilines is 2. The summed E-state index contributed by atoms with van der Waals surface area (Å²) < 4.78 is 5.33. The second-order valence-electron chi connectivity index (χ2n) is 6.61. The Bertz CT molecular complexity index is 1100. The lowest BCUT2D eigenvalue weighted by molar-refractivity contribution is -0.384. The van der Waals surface area contributed by atoms with E-state index in [4.69, 9.17) is 9.84 Å². The van der Waals surface area contributed by atoms with Gasteiger partial charge < -0.3 is 20.1 Å². The molecule has 0 saturated carbocycles. The normalized spacial score (nSPS) is 13.9. The van der Waals surface area contributed by atoms with Crippen LogP contribution >= 0.6 is 0 Å². The number of nitrogens with zero attached hydrogens (tertiary/aromatic N) is 3. The van der Waals surface area contributed by atoms with Crippen molar-refractivity contribution in [3.63, 3.8) is 0 Å². The zero-order valence-electron chi connectivity index (χ0n) is 16.3. The third-order valence-electron chi connectivity index (χ3n) is 4.61. The van der Waals surface area contributed by atoms with E-state index < -0.39 is 16.8 Å². The SMILES string of the molecule is N#C/C(=C\c1cc([N+](=O)[O-])ccc1N1CCOCC1)C(=O)Nc1cccc(C(=O)O)c1. The van der Waals surface area contributed by atoms with Crippen LogP contribution in [0.4, 0.5) is 17.1 Å². The minimum Gasteiger partial charge on any atom is -0.478 e. The number of hydrogen-bond donors (Lipinski definition) is 2. The number of carboxylic acid groups (broad SMARTS) is 1. The Morgan fingerprint density at radius 1 is 1.23 bits per heavy atom. The fourth-order valence-corrected chi connectivity index (χ4v) is 3.10. The predicted molar refractivity (Wildman–Crippen MR) is 112 cm³/mol. The molecule has 10 nitrogen and oxygen atoms in total. The smallest absolute Gasteiger partial charge is 0.335 e. The largest absolute Gasteiger partial charge is 0.478 e. The lowest BCUT2D eigenvalue weighted by Crippen LogP contribution is -2.36. The van der Waals surface area contributed by atoms with Crippen LogP contribution in [0, 0.1) is 21.4 Å². The number of carbonyl (C=O) groups is 2. The maximum absolute atomic E-state index is 12.6. The number of carboxylic acids is 1. The molecule has 1 amide bonds. The van der Waals surface area contributed by atoms with E-state index in [0.717, 1.165) is 0 Å². The van der Waals surface area contributed by atoms with E-state index in [9.17, 15) is 25.0 Å². The quantitative estimate of drug-likeness (QED) is 0.313. The lowest BCUT2D eigenvalue weighted by atomic mass is 10.1. The standard InChI is InChI=1S/C21H18N4O6/c22-13-16(20(26)23-17-3-1-2-14(11-17)21(27)28)10-15-12-18(25(29)30)4-5-19(15)24-6-8-31-9-7-24/h1-5,10-12H,6-9H2,(H,23,26)(H,27,28)/b16-10+. The van der Waals surface area contributed by atoms with Crippen molar-refractivity contribution in [2.45, 2.75) is 0 Å². The van der Waals surface area contributed by atoms with E-state index in [0.29, 0.717) is 37.6 Å². The molecule has 10 heteroatoms. The van der Waals surface area contributed by atoms with Crippen LogP contribution < -0.4 is 10.2 Å². The molecule has 2 aromatic rings. The van der Waals surface area contributed by atoms with E-state index in [-0.39, 0.29) is 22.5 Å². The first-order valence-electron chi connectivity index (χ1n) is 9.26. The molecule has 1 aliphatic rings. The number of amides is 1. The third-order valence-corrected chi connectivity index (χ3v) is 4.61. The van der Waals surface area contributed by atoms with Gasteiger partial charge in [0.05, 0.1) is 23.7 Å². The zero-order valence-corrected chi connectivity index (χ0v) is 16.3. The fourth-order valence-electron chi connectivity index (χ4n) is 3.10. The first-order valence-corrected chi connectivity index (χ1v) is 9.26. The first-order chi connectivity index (χ1) is 14.9. The number of benzene rings is 2. The Morgan fingerprint density at radius 2 is 1.97 bits per heavy atom. The van der Waals surface area contributed by atoms with Gasteiger partial charge in [0.1, 0.15) is 11.6 Å². The van der Waals surface area contributed by atoms with E-state index in [1.807, 2.05) is 4.90 Å². The van der Waals surface area contributed by atoms with Gasteiger partial charge in [0.15, 0.2) is 0 Å². The molecule has 0 bridgehead atoms. The molecule has 1 saturated heterocycles. The highest BCUT2D eigenvalue weighted by Gasteiger charge is 2.19. The molecule has 0 atom stereocenters. The molecule has 0 aromatic heterocycles. The topological polar surface area (TPSA) is 146 Å². The van der Waals surface area contributed by atoms with Gasteiger partial charge in [-0.1, -0.05) is 6.07 Å². The number of non-ortho nitro benzene ring substituents is 1. The van der Waals surface area contributed by atoms with Crippen LogP contribution in [0.15, 0.2) is 48.0 Å². The van der Waals surface area contributed by atoms with Crippen molar-refractivity contribution in [2.75, 3.05) is 36.5 Å². The van der Waals surface area contributed by atoms with E-state index in [1.165, 1.54) is 42.5 Å². The summed E-state index contributed by atoms with van der Waals surface area (Å²) in [5.41, 5.74) is 0.724. The summed E-state index contributed by atoms with van der Waals surface area (Å²) in [6.45, 7) is 2.11. The van der Waals surface area contributed by atoms with Gasteiger partial charge in [0.2, 0.25) is 0 Å². The highest BCUT2D eigenvalue weighted by Crippen LogP contribution is 2.28. The van der Waals surface area contributed by atoms with Crippen LogP contribution in [-0.4, -0.2) is 48.2 Å². The van der Waals surface area contributed by atoms with Crippen LogP contribution in [0.3, 0.4) is 0 Å². The van der Waals surface area contributed by atoms with Gasteiger partial charge in [0, 0.05) is 42.2 Å². The summed E-state index contributed by atoms with van der Waals surface area (Å²) in [5.74, 6) is -1.91. The lowest BCUT2D eigenvalue weighted by Gasteiger charge is -2.30. The molecule has 158 valence electrons. The van der Waals surface area contributed by atoms with Gasteiger partial charge in [-0.05, 0) is 30.3 Å². The number of nitro groups is 1. The summed E-state index contributed by atoms with van der Waals surface area (Å²) in [6.07, 6.45) is 1.29. The van der Waals surface area contributed by atoms with E-state index in [2.05, 4.69) is 5.32 Å². The number of nitriles is 1. The molecule has 1 heterocycles. The zero-order chi connectivity index (χ0) is 22.4. The van der Waals surface area contributed by atoms with Crippen molar-refractivity contribution < 1.29 is 24.4 Å². The summed E-state index contributed by atoms with van der Waals surface area (Å²) in [5, 5.41) is 32.3. The maximum atomic E-state index is 12.6. The number of nitrogens with one attached hydrogen (secondary N) is 1. The Hall–Kier alpha value is -4.23. The third kappa shape index (κ3) is 5.23. The number of carbonyl (C=O) groups excluding carboxylic acids is 1.